The van der Waals surface area contributed by atoms with Gasteiger partial charge in [0.2, 0.25) is 0 Å². The molecule has 2 aliphatic heterocycles. The fourth-order valence-corrected chi connectivity index (χ4v) is 13.0. The minimum absolute atomic E-state index is 0.719. The Labute approximate surface area is 348 Å². The molecule has 0 amide bonds. The number of ether oxygens (including phenoxy) is 1. The molecule has 0 bridgehead atoms. The number of nitrogens with zero attached hydrogens (tertiary/aromatic N) is 1. The maximum absolute atomic E-state index is 16.4. The highest BCUT2D eigenvalue weighted by molar-refractivity contribution is 7.85. The van der Waals surface area contributed by atoms with Gasteiger partial charge >= 0.3 is 0 Å². The molecule has 5 heteroatoms. The van der Waals surface area contributed by atoms with Crippen molar-refractivity contribution in [2.24, 2.45) is 0 Å². The lowest BCUT2D eigenvalue weighted by molar-refractivity contribution is 0.435. The molecule has 0 saturated carbocycles. The molecule has 0 fully saturated rings. The number of benzene rings is 9. The number of hydrogen-bond acceptors (Lipinski definition) is 4. The summed E-state index contributed by atoms with van der Waals surface area (Å²) in [5.41, 5.74) is 9.91. The Bertz CT molecular complexity index is 3300. The van der Waals surface area contributed by atoms with Crippen molar-refractivity contribution in [3.8, 4) is 22.6 Å². The average Bonchev–Trinajstić information content (AvgIpc) is 3.69. The summed E-state index contributed by atoms with van der Waals surface area (Å²) >= 11 is 0. The predicted molar refractivity (Wildman–Crippen MR) is 245 cm³/mol. The molecule has 3 heterocycles. The molecule has 10 aromatic rings. The van der Waals surface area contributed by atoms with Crippen molar-refractivity contribution in [3.05, 3.63) is 241 Å². The summed E-state index contributed by atoms with van der Waals surface area (Å²) in [5.74, 6) is 1.53. The lowest BCUT2D eigenvalue weighted by Crippen LogP contribution is -2.47. The maximum Gasteiger partial charge on any atom is 0.171 e. The Morgan fingerprint density at radius 1 is 0.400 bits per heavy atom. The topological polar surface area (TPSA) is 42.7 Å². The van der Waals surface area contributed by atoms with Crippen LogP contribution in [0.15, 0.2) is 223 Å². The van der Waals surface area contributed by atoms with E-state index in [4.69, 9.17) is 9.15 Å². The highest BCUT2D eigenvalue weighted by atomic mass is 31.2. The van der Waals surface area contributed by atoms with Crippen LogP contribution < -0.4 is 25.6 Å². The van der Waals surface area contributed by atoms with Gasteiger partial charge in [-0.3, -0.25) is 0 Å². The van der Waals surface area contributed by atoms with E-state index in [1.54, 1.807) is 0 Å². The third-order valence-corrected chi connectivity index (χ3v) is 15.5. The van der Waals surface area contributed by atoms with Gasteiger partial charge in [-0.1, -0.05) is 152 Å². The molecule has 2 atom stereocenters. The van der Waals surface area contributed by atoms with E-state index in [0.29, 0.717) is 0 Å². The van der Waals surface area contributed by atoms with E-state index < -0.39 is 12.6 Å². The van der Waals surface area contributed by atoms with Crippen LogP contribution >= 0.6 is 7.14 Å². The molecule has 2 unspecified atom stereocenters. The van der Waals surface area contributed by atoms with Gasteiger partial charge in [0.15, 0.2) is 7.14 Å². The van der Waals surface area contributed by atoms with Gasteiger partial charge in [-0.05, 0) is 89.0 Å². The smallest absolute Gasteiger partial charge is 0.171 e. The molecule has 284 valence electrons. The highest BCUT2D eigenvalue weighted by Crippen LogP contribution is 2.62. The zero-order valence-electron chi connectivity index (χ0n) is 32.4. The van der Waals surface area contributed by atoms with Crippen LogP contribution in [0.25, 0.3) is 33.1 Å². The summed E-state index contributed by atoms with van der Waals surface area (Å²) in [6, 6.07) is 75.4. The zero-order chi connectivity index (χ0) is 39.8. The van der Waals surface area contributed by atoms with E-state index >= 15 is 4.57 Å². The SMILES string of the molecule is O=P1(c2ccccc2)c2ccccc2C2(c3ccccc3Oc3cc(-c4cccc(N(c5ccccc5)c5ccccc5)c4)ccc32)c2cc3c(cc21)oc1ccccc13. The number of anilines is 3. The summed E-state index contributed by atoms with van der Waals surface area (Å²) in [6.45, 7) is 0. The highest BCUT2D eigenvalue weighted by Gasteiger charge is 2.55. The Morgan fingerprint density at radius 3 is 1.80 bits per heavy atom. The van der Waals surface area contributed by atoms with Gasteiger partial charge in [0.1, 0.15) is 22.7 Å². The number of rotatable bonds is 5. The second-order valence-electron chi connectivity index (χ2n) is 15.5. The van der Waals surface area contributed by atoms with Gasteiger partial charge < -0.3 is 18.6 Å². The van der Waals surface area contributed by atoms with Crippen molar-refractivity contribution >= 4 is 62.1 Å². The number of hydrogen-bond donors (Lipinski definition) is 0. The monoisotopic (exact) mass is 789 g/mol. The van der Waals surface area contributed by atoms with Gasteiger partial charge in [0.05, 0.1) is 5.41 Å². The molecular formula is C55H36NO3P. The number of para-hydroxylation sites is 4. The molecule has 9 aromatic carbocycles. The minimum Gasteiger partial charge on any atom is -0.457 e. The van der Waals surface area contributed by atoms with E-state index in [-0.39, 0.29) is 0 Å². The third-order valence-electron chi connectivity index (χ3n) is 12.4. The molecule has 0 N–H and O–H groups in total. The zero-order valence-corrected chi connectivity index (χ0v) is 33.3. The number of fused-ring (bicyclic) bond motifs is 11. The van der Waals surface area contributed by atoms with Crippen LogP contribution in [-0.2, 0) is 9.98 Å². The Morgan fingerprint density at radius 2 is 1.02 bits per heavy atom. The molecule has 0 aliphatic carbocycles. The normalized spacial score (nSPS) is 17.3. The fraction of sp³-hybridized carbons (Fsp3) is 0.0182. The largest absolute Gasteiger partial charge is 0.457 e. The van der Waals surface area contributed by atoms with Crippen molar-refractivity contribution in [1.29, 1.82) is 0 Å². The first-order valence-electron chi connectivity index (χ1n) is 20.3. The van der Waals surface area contributed by atoms with Crippen molar-refractivity contribution in [3.63, 3.8) is 0 Å². The van der Waals surface area contributed by atoms with Gasteiger partial charge in [-0.15, -0.1) is 0 Å². The lowest BCUT2D eigenvalue weighted by Gasteiger charge is -2.47. The molecule has 60 heavy (non-hydrogen) atoms. The lowest BCUT2D eigenvalue weighted by atomic mass is 9.63. The summed E-state index contributed by atoms with van der Waals surface area (Å²) in [6.07, 6.45) is 0. The molecule has 0 radical (unpaired) electrons. The second-order valence-corrected chi connectivity index (χ2v) is 18.2. The van der Waals surface area contributed by atoms with Crippen molar-refractivity contribution in [2.45, 2.75) is 5.41 Å². The van der Waals surface area contributed by atoms with Gasteiger partial charge in [-0.2, -0.15) is 0 Å². The van der Waals surface area contributed by atoms with Crippen LogP contribution in [0, 0.1) is 0 Å². The standard InChI is InChI=1S/C55H36NO3P/c57-60(42-23-8-3-9-24-42)53-30-15-12-27-47(53)55(48-35-44-43-25-10-13-28-49(43)58-51(44)36-54(48)60)45-26-11-14-29-50(45)59-52-34-38(31-32-46(52)55)37-17-16-22-41(33-37)56(39-18-4-1-5-19-39)40-20-6-2-7-21-40/h1-36H. The summed E-state index contributed by atoms with van der Waals surface area (Å²) < 4.78 is 30.0. The van der Waals surface area contributed by atoms with Crippen molar-refractivity contribution in [2.75, 3.05) is 4.90 Å². The average molecular weight is 790 g/mol. The van der Waals surface area contributed by atoms with Crippen LogP contribution in [0.5, 0.6) is 11.5 Å². The molecule has 1 spiro atoms. The van der Waals surface area contributed by atoms with E-state index in [0.717, 1.165) is 99.8 Å². The molecular weight excluding hydrogens is 754 g/mol. The Hall–Kier alpha value is -7.39. The van der Waals surface area contributed by atoms with Crippen LogP contribution in [0.4, 0.5) is 17.1 Å². The van der Waals surface area contributed by atoms with Crippen LogP contribution in [0.2, 0.25) is 0 Å². The summed E-state index contributed by atoms with van der Waals surface area (Å²) in [7, 11) is -3.44. The summed E-state index contributed by atoms with van der Waals surface area (Å²) in [4.78, 5) is 2.28. The van der Waals surface area contributed by atoms with Crippen LogP contribution in [0.1, 0.15) is 22.3 Å². The van der Waals surface area contributed by atoms with E-state index in [1.807, 2.05) is 72.8 Å². The quantitative estimate of drug-likeness (QED) is 0.163. The maximum atomic E-state index is 16.4. The first-order chi connectivity index (χ1) is 29.6. The fourth-order valence-electron chi connectivity index (χ4n) is 9.81. The van der Waals surface area contributed by atoms with E-state index in [1.165, 1.54) is 0 Å². The third kappa shape index (κ3) is 4.95. The molecule has 0 saturated heterocycles. The Balaban J connectivity index is 1.12. The predicted octanol–water partition coefficient (Wildman–Crippen LogP) is 13.2. The van der Waals surface area contributed by atoms with E-state index in [2.05, 4.69) is 150 Å². The van der Waals surface area contributed by atoms with Crippen LogP contribution in [0.3, 0.4) is 0 Å². The summed E-state index contributed by atoms with van der Waals surface area (Å²) in [5, 5.41) is 4.40. The first-order valence-corrected chi connectivity index (χ1v) is 22.0. The van der Waals surface area contributed by atoms with Gasteiger partial charge in [0.25, 0.3) is 0 Å². The number of furan rings is 1. The molecule has 12 rings (SSSR count). The van der Waals surface area contributed by atoms with Crippen LogP contribution in [-0.4, -0.2) is 0 Å². The van der Waals surface area contributed by atoms with Gasteiger partial charge in [-0.25, -0.2) is 0 Å². The van der Waals surface area contributed by atoms with Crippen molar-refractivity contribution in [1.82, 2.24) is 0 Å². The van der Waals surface area contributed by atoms with Crippen molar-refractivity contribution < 1.29 is 13.7 Å². The molecule has 2 aliphatic rings. The first kappa shape index (κ1) is 34.6. The molecule has 4 nitrogen and oxygen atoms in total. The minimum atomic E-state index is -3.44. The van der Waals surface area contributed by atoms with E-state index in [9.17, 15) is 0 Å². The molecule has 1 aromatic heterocycles. The van der Waals surface area contributed by atoms with Gasteiger partial charge in [0, 0.05) is 54.9 Å². The second kappa shape index (κ2) is 13.3. The Kier molecular flexibility index (Phi) is 7.69.